The van der Waals surface area contributed by atoms with Crippen molar-refractivity contribution in [2.75, 3.05) is 0 Å². The first-order valence-electron chi connectivity index (χ1n) is 3.21. The fourth-order valence-electron chi connectivity index (χ4n) is 0.594. The van der Waals surface area contributed by atoms with E-state index in [-0.39, 0.29) is 0 Å². The lowest BCUT2D eigenvalue weighted by Gasteiger charge is -2.06. The number of hydrazine groups is 1. The van der Waals surface area contributed by atoms with Gasteiger partial charge in [-0.15, -0.1) is 12.3 Å². The minimum absolute atomic E-state index is 0.387. The van der Waals surface area contributed by atoms with Crippen LogP contribution in [0.4, 0.5) is 0 Å². The molecule has 3 N–H and O–H groups in total. The number of hydrogen-bond acceptors (Lipinski definition) is 2. The maximum Gasteiger partial charge on any atom is 0.0182 e. The van der Waals surface area contributed by atoms with Gasteiger partial charge in [0.05, 0.1) is 0 Å². The average Bonchev–Trinajstić information content (AvgIpc) is 1.89. The summed E-state index contributed by atoms with van der Waals surface area (Å²) in [6, 6.07) is 0.387. The molecule has 0 aromatic rings. The van der Waals surface area contributed by atoms with Crippen LogP contribution < -0.4 is 11.3 Å². The normalized spacial score (nSPS) is 12.6. The van der Waals surface area contributed by atoms with E-state index in [9.17, 15) is 0 Å². The van der Waals surface area contributed by atoms with Gasteiger partial charge in [0.2, 0.25) is 0 Å². The number of terminal acetylenes is 1. The maximum absolute atomic E-state index is 5.15. The van der Waals surface area contributed by atoms with E-state index in [1.807, 2.05) is 6.92 Å². The lowest BCUT2D eigenvalue weighted by Crippen LogP contribution is -2.32. The first-order chi connectivity index (χ1) is 4.31. The average molecular weight is 126 g/mol. The second-order valence-corrected chi connectivity index (χ2v) is 2.16. The summed E-state index contributed by atoms with van der Waals surface area (Å²) in [6.07, 6.45) is 8.02. The Bertz CT molecular complexity index is 93.6. The number of hydrogen-bond donors (Lipinski definition) is 2. The summed E-state index contributed by atoms with van der Waals surface area (Å²) in [6.45, 7) is 2.04. The summed E-state index contributed by atoms with van der Waals surface area (Å²) in [5, 5.41) is 0. The Hall–Kier alpha value is -0.520. The molecule has 0 aromatic carbocycles. The van der Waals surface area contributed by atoms with Gasteiger partial charge in [-0.05, 0) is 19.8 Å². The van der Waals surface area contributed by atoms with Crippen LogP contribution >= 0.6 is 0 Å². The summed E-state index contributed by atoms with van der Waals surface area (Å²) in [5.74, 6) is 7.73. The summed E-state index contributed by atoms with van der Waals surface area (Å²) in [4.78, 5) is 0. The lowest BCUT2D eigenvalue weighted by molar-refractivity contribution is 0.517. The van der Waals surface area contributed by atoms with Gasteiger partial charge in [-0.1, -0.05) is 0 Å². The topological polar surface area (TPSA) is 38.0 Å². The minimum atomic E-state index is 0.387. The van der Waals surface area contributed by atoms with Gasteiger partial charge >= 0.3 is 0 Å². The molecule has 0 aliphatic rings. The van der Waals surface area contributed by atoms with Gasteiger partial charge in [0.1, 0.15) is 0 Å². The molecule has 1 atom stereocenters. The van der Waals surface area contributed by atoms with Gasteiger partial charge in [0.15, 0.2) is 0 Å². The van der Waals surface area contributed by atoms with Gasteiger partial charge in [-0.3, -0.25) is 11.3 Å². The lowest BCUT2D eigenvalue weighted by atomic mass is 10.1. The van der Waals surface area contributed by atoms with Gasteiger partial charge in [0.25, 0.3) is 0 Å². The molecule has 0 aromatic heterocycles. The summed E-state index contributed by atoms with van der Waals surface area (Å²) in [5.41, 5.74) is 2.66. The predicted octanol–water partition coefficient (Wildman–Crippen LogP) is 0.642. The third-order valence-corrected chi connectivity index (χ3v) is 1.24. The summed E-state index contributed by atoms with van der Waals surface area (Å²) in [7, 11) is 0. The third kappa shape index (κ3) is 5.35. The van der Waals surface area contributed by atoms with Crippen LogP contribution in [0, 0.1) is 12.3 Å². The van der Waals surface area contributed by atoms with Crippen LogP contribution in [0.15, 0.2) is 0 Å². The van der Waals surface area contributed by atoms with E-state index in [1.165, 1.54) is 0 Å². The molecule has 0 saturated heterocycles. The van der Waals surface area contributed by atoms with Gasteiger partial charge in [-0.25, -0.2) is 0 Å². The largest absolute Gasteiger partial charge is 0.271 e. The molecule has 1 unspecified atom stereocenters. The van der Waals surface area contributed by atoms with E-state index < -0.39 is 0 Å². The van der Waals surface area contributed by atoms with Crippen LogP contribution in [0.1, 0.15) is 26.2 Å². The molecule has 0 aliphatic carbocycles. The fraction of sp³-hybridized carbons (Fsp3) is 0.714. The molecule has 52 valence electrons. The SMILES string of the molecule is C#CCCCC(C)NN. The predicted molar refractivity (Wildman–Crippen MR) is 39.5 cm³/mol. The molecule has 0 fully saturated rings. The van der Waals surface area contributed by atoms with E-state index in [4.69, 9.17) is 12.3 Å². The van der Waals surface area contributed by atoms with Crippen molar-refractivity contribution in [3.05, 3.63) is 0 Å². The smallest absolute Gasteiger partial charge is 0.0182 e. The Kier molecular flexibility index (Phi) is 5.29. The molecule has 0 amide bonds. The highest BCUT2D eigenvalue weighted by Crippen LogP contribution is 1.97. The van der Waals surface area contributed by atoms with Gasteiger partial charge in [0, 0.05) is 12.5 Å². The van der Waals surface area contributed by atoms with Gasteiger partial charge in [-0.2, -0.15) is 0 Å². The molecule has 0 saturated carbocycles. The minimum Gasteiger partial charge on any atom is -0.271 e. The van der Waals surface area contributed by atoms with Crippen molar-refractivity contribution in [3.8, 4) is 12.3 Å². The maximum atomic E-state index is 5.15. The molecule has 0 spiro atoms. The van der Waals surface area contributed by atoms with Crippen LogP contribution in [0.2, 0.25) is 0 Å². The van der Waals surface area contributed by atoms with E-state index in [0.717, 1.165) is 19.3 Å². The van der Waals surface area contributed by atoms with Crippen LogP contribution in [0.25, 0.3) is 0 Å². The Morgan fingerprint density at radius 3 is 2.89 bits per heavy atom. The molecule has 2 heteroatoms. The van der Waals surface area contributed by atoms with Crippen LogP contribution in [0.3, 0.4) is 0 Å². The first-order valence-corrected chi connectivity index (χ1v) is 3.21. The second-order valence-electron chi connectivity index (χ2n) is 2.16. The summed E-state index contributed by atoms with van der Waals surface area (Å²) >= 11 is 0. The zero-order valence-corrected chi connectivity index (χ0v) is 5.85. The van der Waals surface area contributed by atoms with Crippen molar-refractivity contribution in [1.82, 2.24) is 5.43 Å². The van der Waals surface area contributed by atoms with Crippen molar-refractivity contribution >= 4 is 0 Å². The van der Waals surface area contributed by atoms with Crippen LogP contribution in [0.5, 0.6) is 0 Å². The molecule has 9 heavy (non-hydrogen) atoms. The van der Waals surface area contributed by atoms with Crippen LogP contribution in [-0.2, 0) is 0 Å². The second kappa shape index (κ2) is 5.61. The van der Waals surface area contributed by atoms with Crippen molar-refractivity contribution in [1.29, 1.82) is 0 Å². The number of nitrogens with two attached hydrogens (primary N) is 1. The van der Waals surface area contributed by atoms with Crippen molar-refractivity contribution in [2.24, 2.45) is 5.84 Å². The van der Waals surface area contributed by atoms with E-state index in [2.05, 4.69) is 11.3 Å². The molecular weight excluding hydrogens is 112 g/mol. The molecule has 0 heterocycles. The highest BCUT2D eigenvalue weighted by Gasteiger charge is 1.94. The van der Waals surface area contributed by atoms with Gasteiger partial charge < -0.3 is 0 Å². The molecule has 0 rings (SSSR count). The molecular formula is C7H14N2. The van der Waals surface area contributed by atoms with E-state index >= 15 is 0 Å². The van der Waals surface area contributed by atoms with Crippen LogP contribution in [-0.4, -0.2) is 6.04 Å². The highest BCUT2D eigenvalue weighted by atomic mass is 15.2. The quantitative estimate of drug-likeness (QED) is 0.251. The zero-order valence-electron chi connectivity index (χ0n) is 5.85. The standard InChI is InChI=1S/C7H14N2/c1-3-4-5-6-7(2)9-8/h1,7,9H,4-6,8H2,2H3. The molecule has 0 radical (unpaired) electrons. The monoisotopic (exact) mass is 126 g/mol. The molecule has 0 aliphatic heterocycles. The number of unbranched alkanes of at least 4 members (excludes halogenated alkanes) is 1. The molecule has 2 nitrogen and oxygen atoms in total. The Morgan fingerprint density at radius 1 is 1.78 bits per heavy atom. The van der Waals surface area contributed by atoms with Crippen molar-refractivity contribution in [3.63, 3.8) is 0 Å². The van der Waals surface area contributed by atoms with Crippen molar-refractivity contribution < 1.29 is 0 Å². The third-order valence-electron chi connectivity index (χ3n) is 1.24. The Morgan fingerprint density at radius 2 is 2.44 bits per heavy atom. The fourth-order valence-corrected chi connectivity index (χ4v) is 0.594. The molecule has 0 bridgehead atoms. The first kappa shape index (κ1) is 8.48. The number of nitrogens with one attached hydrogen (secondary N) is 1. The Labute approximate surface area is 56.8 Å². The van der Waals surface area contributed by atoms with E-state index in [0.29, 0.717) is 6.04 Å². The summed E-state index contributed by atoms with van der Waals surface area (Å²) < 4.78 is 0. The van der Waals surface area contributed by atoms with Crippen molar-refractivity contribution in [2.45, 2.75) is 32.2 Å². The van der Waals surface area contributed by atoms with E-state index in [1.54, 1.807) is 0 Å². The highest BCUT2D eigenvalue weighted by molar-refractivity contribution is 4.83. The zero-order chi connectivity index (χ0) is 7.11. The number of rotatable bonds is 4. The Balaban J connectivity index is 2.99.